The van der Waals surface area contributed by atoms with Crippen LogP contribution >= 0.6 is 11.8 Å². The van der Waals surface area contributed by atoms with Gasteiger partial charge in [0.05, 0.1) is 16.9 Å². The molecule has 20 heavy (non-hydrogen) atoms. The molecule has 1 rings (SSSR count). The normalized spacial score (nSPS) is 10.9. The van der Waals surface area contributed by atoms with Crippen LogP contribution in [0.3, 0.4) is 0 Å². The van der Waals surface area contributed by atoms with E-state index in [1.807, 2.05) is 0 Å². The Kier molecular flexibility index (Phi) is 5.77. The van der Waals surface area contributed by atoms with Gasteiger partial charge in [-0.25, -0.2) is 4.79 Å². The van der Waals surface area contributed by atoms with Gasteiger partial charge in [-0.1, -0.05) is 5.92 Å². The summed E-state index contributed by atoms with van der Waals surface area (Å²) >= 11 is 1.48. The van der Waals surface area contributed by atoms with E-state index in [1.54, 1.807) is 0 Å². The monoisotopic (exact) mass is 303 g/mol. The zero-order valence-corrected chi connectivity index (χ0v) is 11.1. The zero-order valence-electron chi connectivity index (χ0n) is 10.3. The predicted octanol–water partition coefficient (Wildman–Crippen LogP) is 3.18. The van der Waals surface area contributed by atoms with Crippen LogP contribution in [0.15, 0.2) is 18.2 Å². The molecule has 0 aromatic heterocycles. The Bertz CT molecular complexity index is 523. The van der Waals surface area contributed by atoms with Crippen LogP contribution in [-0.2, 0) is 6.18 Å². The maximum Gasteiger partial charge on any atom is 0.417 e. The number of halogens is 3. The lowest BCUT2D eigenvalue weighted by atomic mass is 10.1. The van der Waals surface area contributed by atoms with E-state index < -0.39 is 23.3 Å². The van der Waals surface area contributed by atoms with Gasteiger partial charge in [0.1, 0.15) is 0 Å². The predicted molar refractivity (Wildman–Crippen MR) is 73.1 cm³/mol. The number of benzene rings is 1. The SMILES string of the molecule is C#CCSCCNc1ccc(C(=O)O)c(C(F)(F)F)c1. The number of aromatic carboxylic acids is 1. The van der Waals surface area contributed by atoms with Gasteiger partial charge in [-0.05, 0) is 18.2 Å². The van der Waals surface area contributed by atoms with Gasteiger partial charge in [0, 0.05) is 18.0 Å². The molecular formula is C13H12F3NO2S. The molecule has 0 atom stereocenters. The first kappa shape index (κ1) is 16.2. The average molecular weight is 303 g/mol. The molecule has 0 amide bonds. The summed E-state index contributed by atoms with van der Waals surface area (Å²) in [4.78, 5) is 10.8. The fourth-order valence-electron chi connectivity index (χ4n) is 1.47. The van der Waals surface area contributed by atoms with Gasteiger partial charge >= 0.3 is 12.1 Å². The molecule has 0 saturated carbocycles. The fourth-order valence-corrected chi connectivity index (χ4v) is 1.98. The van der Waals surface area contributed by atoms with Gasteiger partial charge in [0.2, 0.25) is 0 Å². The van der Waals surface area contributed by atoms with Gasteiger partial charge in [-0.2, -0.15) is 13.2 Å². The Labute approximate surface area is 118 Å². The fraction of sp³-hybridized carbons (Fsp3) is 0.308. The molecule has 0 aliphatic heterocycles. The third-order valence-electron chi connectivity index (χ3n) is 2.32. The van der Waals surface area contributed by atoms with E-state index in [-0.39, 0.29) is 5.69 Å². The summed E-state index contributed by atoms with van der Waals surface area (Å²) in [6, 6.07) is 3.06. The largest absolute Gasteiger partial charge is 0.478 e. The van der Waals surface area contributed by atoms with Crippen LogP contribution in [0.2, 0.25) is 0 Å². The van der Waals surface area contributed by atoms with E-state index in [2.05, 4.69) is 11.2 Å². The molecule has 1 aromatic rings. The van der Waals surface area contributed by atoms with Crippen LogP contribution in [0.4, 0.5) is 18.9 Å². The van der Waals surface area contributed by atoms with Crippen molar-refractivity contribution in [2.45, 2.75) is 6.18 Å². The molecule has 0 heterocycles. The van der Waals surface area contributed by atoms with Gasteiger partial charge < -0.3 is 10.4 Å². The van der Waals surface area contributed by atoms with Gasteiger partial charge in [0.25, 0.3) is 0 Å². The van der Waals surface area contributed by atoms with Gasteiger partial charge in [-0.3, -0.25) is 0 Å². The van der Waals surface area contributed by atoms with E-state index >= 15 is 0 Å². The molecule has 0 aliphatic rings. The third kappa shape index (κ3) is 4.70. The minimum atomic E-state index is -4.70. The summed E-state index contributed by atoms with van der Waals surface area (Å²) in [5.41, 5.74) is -1.69. The van der Waals surface area contributed by atoms with E-state index in [1.165, 1.54) is 17.8 Å². The van der Waals surface area contributed by atoms with Crippen molar-refractivity contribution >= 4 is 23.4 Å². The topological polar surface area (TPSA) is 49.3 Å². The number of alkyl halides is 3. The highest BCUT2D eigenvalue weighted by Crippen LogP contribution is 2.33. The Balaban J connectivity index is 2.80. The summed E-state index contributed by atoms with van der Waals surface area (Å²) < 4.78 is 38.3. The molecule has 0 spiro atoms. The highest BCUT2D eigenvalue weighted by molar-refractivity contribution is 7.99. The van der Waals surface area contributed by atoms with Crippen molar-refractivity contribution in [3.05, 3.63) is 29.3 Å². The minimum Gasteiger partial charge on any atom is -0.478 e. The van der Waals surface area contributed by atoms with Crippen LogP contribution in [0.5, 0.6) is 0 Å². The van der Waals surface area contributed by atoms with Gasteiger partial charge in [0.15, 0.2) is 0 Å². The smallest absolute Gasteiger partial charge is 0.417 e. The first-order valence-electron chi connectivity index (χ1n) is 5.56. The van der Waals surface area contributed by atoms with Crippen molar-refractivity contribution < 1.29 is 23.1 Å². The summed E-state index contributed by atoms with van der Waals surface area (Å²) in [5, 5.41) is 11.6. The number of rotatable bonds is 6. The van der Waals surface area contributed by atoms with Crippen LogP contribution in [0.1, 0.15) is 15.9 Å². The number of carboxylic acid groups (broad SMARTS) is 1. The van der Waals surface area contributed by atoms with Gasteiger partial charge in [-0.15, -0.1) is 18.2 Å². The maximum atomic E-state index is 12.8. The van der Waals surface area contributed by atoms with E-state index in [9.17, 15) is 18.0 Å². The van der Waals surface area contributed by atoms with E-state index in [4.69, 9.17) is 11.5 Å². The Hall–Kier alpha value is -1.81. The standard InChI is InChI=1S/C13H12F3NO2S/c1-2-6-20-7-5-17-9-3-4-10(12(18)19)11(8-9)13(14,15)16/h1,3-4,8,17H,5-7H2,(H,18,19). The second-order valence-corrected chi connectivity index (χ2v) is 4.85. The lowest BCUT2D eigenvalue weighted by Crippen LogP contribution is -2.14. The number of carboxylic acids is 1. The number of anilines is 1. The van der Waals surface area contributed by atoms with Crippen molar-refractivity contribution in [3.8, 4) is 12.3 Å². The van der Waals surface area contributed by atoms with E-state index in [0.29, 0.717) is 18.1 Å². The number of thioether (sulfide) groups is 1. The van der Waals surface area contributed by atoms with Crippen molar-refractivity contribution in [1.82, 2.24) is 0 Å². The number of carbonyl (C=O) groups is 1. The van der Waals surface area contributed by atoms with E-state index in [0.717, 1.165) is 12.1 Å². The molecule has 0 aliphatic carbocycles. The Morgan fingerprint density at radius 3 is 2.70 bits per heavy atom. The number of nitrogens with one attached hydrogen (secondary N) is 1. The van der Waals surface area contributed by atoms with Crippen molar-refractivity contribution in [2.75, 3.05) is 23.4 Å². The molecule has 0 radical (unpaired) electrons. The zero-order chi connectivity index (χ0) is 15.2. The molecular weight excluding hydrogens is 291 g/mol. The summed E-state index contributed by atoms with van der Waals surface area (Å²) in [6.45, 7) is 0.441. The molecule has 3 nitrogen and oxygen atoms in total. The summed E-state index contributed by atoms with van der Waals surface area (Å²) in [6.07, 6.45) is 0.358. The maximum absolute atomic E-state index is 12.8. The van der Waals surface area contributed by atoms with Crippen LogP contribution in [0.25, 0.3) is 0 Å². The lowest BCUT2D eigenvalue weighted by molar-refractivity contribution is -0.138. The highest BCUT2D eigenvalue weighted by Gasteiger charge is 2.35. The third-order valence-corrected chi connectivity index (χ3v) is 3.18. The van der Waals surface area contributed by atoms with Crippen LogP contribution < -0.4 is 5.32 Å². The Morgan fingerprint density at radius 2 is 2.15 bits per heavy atom. The molecule has 0 unspecified atom stereocenters. The molecule has 1 aromatic carbocycles. The molecule has 0 fully saturated rings. The number of terminal acetylenes is 1. The number of hydrogen-bond acceptors (Lipinski definition) is 3. The Morgan fingerprint density at radius 1 is 1.45 bits per heavy atom. The van der Waals surface area contributed by atoms with Crippen molar-refractivity contribution in [3.63, 3.8) is 0 Å². The second-order valence-electron chi connectivity index (χ2n) is 3.75. The molecule has 108 valence electrons. The van der Waals surface area contributed by atoms with Crippen molar-refractivity contribution in [2.24, 2.45) is 0 Å². The quantitative estimate of drug-likeness (QED) is 0.626. The minimum absolute atomic E-state index is 0.226. The van der Waals surface area contributed by atoms with Crippen molar-refractivity contribution in [1.29, 1.82) is 0 Å². The summed E-state index contributed by atoms with van der Waals surface area (Å²) in [5.74, 6) is 2.01. The molecule has 0 saturated heterocycles. The first-order valence-corrected chi connectivity index (χ1v) is 6.71. The molecule has 2 N–H and O–H groups in total. The summed E-state index contributed by atoms with van der Waals surface area (Å²) in [7, 11) is 0. The molecule has 0 bridgehead atoms. The lowest BCUT2D eigenvalue weighted by Gasteiger charge is -2.13. The number of hydrogen-bond donors (Lipinski definition) is 2. The van der Waals surface area contributed by atoms with Crippen LogP contribution in [-0.4, -0.2) is 29.1 Å². The second kappa shape index (κ2) is 7.10. The first-order chi connectivity index (χ1) is 9.36. The highest BCUT2D eigenvalue weighted by atomic mass is 32.2. The molecule has 7 heteroatoms. The average Bonchev–Trinajstić information content (AvgIpc) is 2.37. The van der Waals surface area contributed by atoms with Crippen LogP contribution in [0, 0.1) is 12.3 Å².